The van der Waals surface area contributed by atoms with E-state index >= 15 is 0 Å². The van der Waals surface area contributed by atoms with Gasteiger partial charge in [-0.2, -0.15) is 0 Å². The molecule has 2 amide bonds. The first-order valence-corrected chi connectivity index (χ1v) is 8.11. The Labute approximate surface area is 151 Å². The van der Waals surface area contributed by atoms with Gasteiger partial charge in [0.05, 0.1) is 18.5 Å². The van der Waals surface area contributed by atoms with Crippen molar-refractivity contribution in [3.05, 3.63) is 46.2 Å². The highest BCUT2D eigenvalue weighted by atomic mass is 35.5. The van der Waals surface area contributed by atoms with Crippen LogP contribution in [0.1, 0.15) is 42.5 Å². The zero-order chi connectivity index (χ0) is 18.9. The molecule has 0 fully saturated rings. The third-order valence-corrected chi connectivity index (χ3v) is 4.28. The maximum Gasteiger partial charge on any atom is 0.356 e. The van der Waals surface area contributed by atoms with E-state index in [1.54, 1.807) is 24.3 Å². The predicted molar refractivity (Wildman–Crippen MR) is 98.7 cm³/mol. The van der Waals surface area contributed by atoms with E-state index in [0.29, 0.717) is 16.4 Å². The highest BCUT2D eigenvalue weighted by molar-refractivity contribution is 6.31. The van der Waals surface area contributed by atoms with Crippen LogP contribution < -0.4 is 10.6 Å². The van der Waals surface area contributed by atoms with Crippen LogP contribution >= 0.6 is 11.6 Å². The van der Waals surface area contributed by atoms with Gasteiger partial charge in [-0.1, -0.05) is 38.4 Å². The first kappa shape index (κ1) is 18.9. The van der Waals surface area contributed by atoms with Crippen LogP contribution in [0.3, 0.4) is 0 Å². The molecule has 0 saturated heterocycles. The molecule has 25 heavy (non-hydrogen) atoms. The number of nitrogens with two attached hydrogens (primary N) is 1. The van der Waals surface area contributed by atoms with E-state index in [1.807, 2.05) is 27.7 Å². The number of methoxy groups -OCH3 is 1. The molecule has 3 N–H and O–H groups in total. The smallest absolute Gasteiger partial charge is 0.356 e. The normalized spacial score (nSPS) is 11.3. The summed E-state index contributed by atoms with van der Waals surface area (Å²) in [6.07, 6.45) is 0. The summed E-state index contributed by atoms with van der Waals surface area (Å²) in [5.41, 5.74) is 7.91. The number of anilines is 2. The van der Waals surface area contributed by atoms with E-state index in [0.717, 1.165) is 11.3 Å². The fourth-order valence-electron chi connectivity index (χ4n) is 2.39. The van der Waals surface area contributed by atoms with Crippen LogP contribution in [-0.2, 0) is 10.2 Å². The van der Waals surface area contributed by atoms with Gasteiger partial charge in [-0.15, -0.1) is 0 Å². The number of nitrogens with zero attached hydrogens (tertiary/aromatic N) is 1. The first-order valence-electron chi connectivity index (χ1n) is 7.73. The number of amides is 2. The third kappa shape index (κ3) is 3.79. The van der Waals surface area contributed by atoms with Crippen LogP contribution in [0, 0.1) is 6.92 Å². The molecule has 0 unspecified atom stereocenters. The fraction of sp³-hybridized carbons (Fsp3) is 0.333. The van der Waals surface area contributed by atoms with Crippen molar-refractivity contribution in [2.24, 2.45) is 5.73 Å². The summed E-state index contributed by atoms with van der Waals surface area (Å²) in [5, 5.41) is 0.495. The van der Waals surface area contributed by atoms with Gasteiger partial charge >= 0.3 is 12.0 Å². The van der Waals surface area contributed by atoms with Gasteiger partial charge in [-0.05, 0) is 30.7 Å². The molecule has 1 aromatic heterocycles. The third-order valence-electron chi connectivity index (χ3n) is 3.87. The van der Waals surface area contributed by atoms with Crippen molar-refractivity contribution in [2.75, 3.05) is 12.0 Å². The van der Waals surface area contributed by atoms with Crippen LogP contribution in [0.25, 0.3) is 0 Å². The predicted octanol–water partition coefficient (Wildman–Crippen LogP) is 4.28. The molecule has 0 aliphatic rings. The van der Waals surface area contributed by atoms with Crippen molar-refractivity contribution >= 4 is 35.0 Å². The number of urea groups is 1. The number of primary amides is 1. The van der Waals surface area contributed by atoms with Crippen LogP contribution in [0.2, 0.25) is 5.02 Å². The average Bonchev–Trinajstić information content (AvgIpc) is 2.95. The Kier molecular flexibility index (Phi) is 5.13. The molecule has 0 spiro atoms. The van der Waals surface area contributed by atoms with Gasteiger partial charge in [0, 0.05) is 16.1 Å². The van der Waals surface area contributed by atoms with Crippen LogP contribution in [0.5, 0.6) is 0 Å². The number of nitrogens with one attached hydrogen (secondary N) is 1. The molecule has 0 bridgehead atoms. The van der Waals surface area contributed by atoms with Crippen molar-refractivity contribution in [3.8, 4) is 0 Å². The largest absolute Gasteiger partial charge is 0.464 e. The van der Waals surface area contributed by atoms with Gasteiger partial charge in [-0.3, -0.25) is 4.90 Å². The Balaban J connectivity index is 2.68. The van der Waals surface area contributed by atoms with Crippen molar-refractivity contribution in [3.63, 3.8) is 0 Å². The summed E-state index contributed by atoms with van der Waals surface area (Å²) in [4.78, 5) is 28.6. The van der Waals surface area contributed by atoms with Crippen LogP contribution in [-0.4, -0.2) is 24.1 Å². The lowest BCUT2D eigenvalue weighted by molar-refractivity contribution is 0.0595. The maximum atomic E-state index is 12.2. The van der Waals surface area contributed by atoms with E-state index in [4.69, 9.17) is 22.1 Å². The summed E-state index contributed by atoms with van der Waals surface area (Å²) in [7, 11) is 1.28. The molecule has 2 rings (SSSR count). The van der Waals surface area contributed by atoms with Crippen molar-refractivity contribution in [1.29, 1.82) is 0 Å². The Morgan fingerprint density at radius 3 is 2.36 bits per heavy atom. The molecular formula is C18H22ClN3O3. The molecule has 134 valence electrons. The summed E-state index contributed by atoms with van der Waals surface area (Å²) < 4.78 is 4.84. The molecule has 0 atom stereocenters. The summed E-state index contributed by atoms with van der Waals surface area (Å²) in [5.74, 6) is -0.588. The van der Waals surface area contributed by atoms with Gasteiger partial charge in [0.1, 0.15) is 5.69 Å². The van der Waals surface area contributed by atoms with E-state index in [2.05, 4.69) is 4.98 Å². The lowest BCUT2D eigenvalue weighted by Crippen LogP contribution is -2.32. The fourth-order valence-corrected chi connectivity index (χ4v) is 2.56. The molecule has 0 radical (unpaired) electrons. The quantitative estimate of drug-likeness (QED) is 0.798. The molecule has 1 aromatic carbocycles. The number of carbonyl (C=O) groups excluding carboxylic acids is 2. The zero-order valence-corrected chi connectivity index (χ0v) is 15.7. The van der Waals surface area contributed by atoms with Crippen LogP contribution in [0.4, 0.5) is 16.2 Å². The number of hydrogen-bond acceptors (Lipinski definition) is 3. The minimum Gasteiger partial charge on any atom is -0.464 e. The molecule has 0 aliphatic heterocycles. The minimum absolute atomic E-state index is 0.155. The Morgan fingerprint density at radius 2 is 1.88 bits per heavy atom. The van der Waals surface area contributed by atoms with E-state index < -0.39 is 12.0 Å². The molecule has 2 aromatic rings. The number of rotatable bonds is 3. The van der Waals surface area contributed by atoms with Gasteiger partial charge in [0.15, 0.2) is 0 Å². The van der Waals surface area contributed by atoms with E-state index in [-0.39, 0.29) is 11.1 Å². The van der Waals surface area contributed by atoms with Crippen LogP contribution in [0.15, 0.2) is 24.3 Å². The second-order valence-corrected chi connectivity index (χ2v) is 7.20. The van der Waals surface area contributed by atoms with Crippen molar-refractivity contribution in [2.45, 2.75) is 33.1 Å². The number of H-pyrrole nitrogens is 1. The molecule has 1 heterocycles. The summed E-state index contributed by atoms with van der Waals surface area (Å²) >= 11 is 6.18. The van der Waals surface area contributed by atoms with Gasteiger partial charge in [0.25, 0.3) is 0 Å². The summed E-state index contributed by atoms with van der Waals surface area (Å²) in [6.45, 7) is 7.82. The molecule has 0 saturated carbocycles. The Morgan fingerprint density at radius 1 is 1.24 bits per heavy atom. The van der Waals surface area contributed by atoms with Crippen molar-refractivity contribution in [1.82, 2.24) is 4.98 Å². The Bertz CT molecular complexity index is 821. The Hall–Kier alpha value is -2.47. The monoisotopic (exact) mass is 363 g/mol. The lowest BCUT2D eigenvalue weighted by atomic mass is 9.92. The number of ether oxygens (including phenoxy) is 1. The zero-order valence-electron chi connectivity index (χ0n) is 14.9. The number of benzene rings is 1. The molecule has 7 heteroatoms. The van der Waals surface area contributed by atoms with Crippen molar-refractivity contribution < 1.29 is 14.3 Å². The SMILES string of the molecule is COC(=O)c1[nH]c(C(C)(C)C)cc1N(C(N)=O)c1ccc(C)c(Cl)c1. The number of aromatic nitrogens is 1. The molecular weight excluding hydrogens is 342 g/mol. The number of aromatic amines is 1. The number of carbonyl (C=O) groups is 2. The summed E-state index contributed by atoms with van der Waals surface area (Å²) in [6, 6.07) is 6.13. The highest BCUT2D eigenvalue weighted by Gasteiger charge is 2.28. The second kappa shape index (κ2) is 6.80. The van der Waals surface area contributed by atoms with Gasteiger partial charge in [0.2, 0.25) is 0 Å². The van der Waals surface area contributed by atoms with E-state index in [9.17, 15) is 9.59 Å². The molecule has 6 nitrogen and oxygen atoms in total. The maximum absolute atomic E-state index is 12.2. The number of halogens is 1. The standard InChI is InChI=1S/C18H22ClN3O3/c1-10-6-7-11(8-12(10)19)22(17(20)24)13-9-14(18(2,3)4)21-15(13)16(23)25-5/h6-9,21H,1-5H3,(H2,20,24). The first-order chi connectivity index (χ1) is 11.6. The highest BCUT2D eigenvalue weighted by Crippen LogP contribution is 2.35. The average molecular weight is 364 g/mol. The van der Waals surface area contributed by atoms with E-state index in [1.165, 1.54) is 12.0 Å². The number of esters is 1. The topological polar surface area (TPSA) is 88.4 Å². The number of hydrogen-bond donors (Lipinski definition) is 2. The second-order valence-electron chi connectivity index (χ2n) is 6.79. The molecule has 0 aliphatic carbocycles. The van der Waals surface area contributed by atoms with Gasteiger partial charge in [-0.25, -0.2) is 9.59 Å². The number of aryl methyl sites for hydroxylation is 1. The lowest BCUT2D eigenvalue weighted by Gasteiger charge is -2.21. The van der Waals surface area contributed by atoms with Gasteiger partial charge < -0.3 is 15.5 Å². The minimum atomic E-state index is -0.732.